The number of aryl methyl sites for hydroxylation is 1. The fourth-order valence-electron chi connectivity index (χ4n) is 6.17. The second-order valence-corrected chi connectivity index (χ2v) is 12.8. The number of hydrogen-bond donors (Lipinski definition) is 5. The van der Waals surface area contributed by atoms with E-state index in [1.807, 2.05) is 20.8 Å². The van der Waals surface area contributed by atoms with Gasteiger partial charge >= 0.3 is 6.18 Å². The summed E-state index contributed by atoms with van der Waals surface area (Å²) < 4.78 is 56.1. The first-order valence-electron chi connectivity index (χ1n) is 16.2. The molecule has 2 aromatic carbocycles. The molecule has 1 aliphatic rings. The summed E-state index contributed by atoms with van der Waals surface area (Å²) in [5.74, 6) is -3.42. The van der Waals surface area contributed by atoms with Crippen LogP contribution in [0.2, 0.25) is 0 Å². The summed E-state index contributed by atoms with van der Waals surface area (Å²) in [7, 11) is 0. The summed E-state index contributed by atoms with van der Waals surface area (Å²) in [5, 5.41) is 11.5. The van der Waals surface area contributed by atoms with Crippen LogP contribution in [0.3, 0.4) is 0 Å². The molecule has 3 aromatic rings. The molecule has 0 radical (unpaired) electrons. The molecule has 4 amide bonds. The fourth-order valence-corrected chi connectivity index (χ4v) is 6.17. The lowest BCUT2D eigenvalue weighted by atomic mass is 9.78. The molecule has 48 heavy (non-hydrogen) atoms. The van der Waals surface area contributed by atoms with E-state index in [0.717, 1.165) is 6.07 Å². The smallest absolute Gasteiger partial charge is 0.358 e. The number of benzene rings is 2. The molecule has 9 nitrogen and oxygen atoms in total. The van der Waals surface area contributed by atoms with Gasteiger partial charge in [-0.25, -0.2) is 4.39 Å². The van der Waals surface area contributed by atoms with E-state index >= 15 is 0 Å². The first kappa shape index (κ1) is 36.4. The quantitative estimate of drug-likeness (QED) is 0.136. The Bertz CT molecular complexity index is 1670. The number of halogens is 4. The monoisotopic (exact) mass is 673 g/mol. The molecule has 1 aliphatic carbocycles. The summed E-state index contributed by atoms with van der Waals surface area (Å²) in [6.45, 7) is 8.64. The summed E-state index contributed by atoms with van der Waals surface area (Å²) in [6, 6.07) is 8.52. The lowest BCUT2D eigenvalue weighted by Gasteiger charge is -2.40. The molecule has 0 saturated carbocycles. The Kier molecular flexibility index (Phi) is 11.2. The molecule has 5 N–H and O–H groups in total. The molecule has 13 heteroatoms. The van der Waals surface area contributed by atoms with Crippen LogP contribution in [0.25, 0.3) is 10.9 Å². The van der Waals surface area contributed by atoms with Crippen molar-refractivity contribution in [1.82, 2.24) is 26.3 Å². The summed E-state index contributed by atoms with van der Waals surface area (Å²) in [5.41, 5.74) is -1.46. The number of carbonyl (C=O) groups excluding carboxylic acids is 4. The highest BCUT2D eigenvalue weighted by molar-refractivity contribution is 5.97. The van der Waals surface area contributed by atoms with Gasteiger partial charge in [-0.05, 0) is 54.4 Å². The zero-order chi connectivity index (χ0) is 35.4. The Hall–Kier alpha value is -4.42. The topological polar surface area (TPSA) is 132 Å². The minimum atomic E-state index is -4.62. The second-order valence-electron chi connectivity index (χ2n) is 12.8. The number of rotatable bonds is 12. The molecule has 4 rings (SSSR count). The molecular weight excluding hydrogens is 630 g/mol. The Morgan fingerprint density at radius 1 is 0.938 bits per heavy atom. The Morgan fingerprint density at radius 3 is 2.25 bits per heavy atom. The fraction of sp³-hybridized carbons (Fsp3) is 0.486. The van der Waals surface area contributed by atoms with Gasteiger partial charge in [-0.15, -0.1) is 0 Å². The summed E-state index contributed by atoms with van der Waals surface area (Å²) in [4.78, 5) is 56.5. The lowest BCUT2D eigenvalue weighted by molar-refractivity contribution is -0.138. The number of fused-ring (bicyclic) bond motifs is 3. The van der Waals surface area contributed by atoms with Gasteiger partial charge < -0.3 is 26.3 Å². The van der Waals surface area contributed by atoms with Gasteiger partial charge in [0.1, 0.15) is 23.6 Å². The third-order valence-electron chi connectivity index (χ3n) is 9.39. The van der Waals surface area contributed by atoms with Gasteiger partial charge in [-0.1, -0.05) is 64.4 Å². The van der Waals surface area contributed by atoms with Crippen molar-refractivity contribution >= 4 is 34.5 Å². The maximum atomic E-state index is 14.3. The minimum Gasteiger partial charge on any atom is -0.358 e. The van der Waals surface area contributed by atoms with E-state index in [1.165, 1.54) is 31.2 Å². The molecule has 0 fully saturated rings. The van der Waals surface area contributed by atoms with Crippen LogP contribution < -0.4 is 21.3 Å². The largest absolute Gasteiger partial charge is 0.418 e. The lowest BCUT2D eigenvalue weighted by Crippen LogP contribution is -2.67. The number of aromatic amines is 1. The maximum absolute atomic E-state index is 14.3. The van der Waals surface area contributed by atoms with Crippen LogP contribution in [0.4, 0.5) is 17.6 Å². The van der Waals surface area contributed by atoms with E-state index in [2.05, 4.69) is 26.3 Å². The van der Waals surface area contributed by atoms with E-state index in [4.69, 9.17) is 0 Å². The standard InChI is InChI=1S/C35H43F4N5O4/c1-6-19(3)29(42-28(46)17-22-11-8-9-14-26(22)36)32(47)44-34(33(48)43-31(20(4)7-2)40-21(5)45)16-15-27-24(18-34)23-12-10-13-25(30(23)41-27)35(37,38)39/h8-14,19-20,29,31,41H,6-7,15-18H2,1-5H3,(H,40,45)(H,42,46)(H,43,48)(H,44,47)/t19?,20-,29-,31-,34+/m0/s1. The highest BCUT2D eigenvalue weighted by Crippen LogP contribution is 2.40. The average molecular weight is 674 g/mol. The molecule has 5 atom stereocenters. The van der Waals surface area contributed by atoms with Crippen molar-refractivity contribution in [2.45, 2.75) is 97.1 Å². The van der Waals surface area contributed by atoms with Crippen LogP contribution in [0.1, 0.15) is 76.3 Å². The maximum Gasteiger partial charge on any atom is 0.418 e. The van der Waals surface area contributed by atoms with Crippen molar-refractivity contribution < 1.29 is 36.7 Å². The van der Waals surface area contributed by atoms with Gasteiger partial charge in [-0.2, -0.15) is 13.2 Å². The predicted octanol–water partition coefficient (Wildman–Crippen LogP) is 5.07. The number of H-pyrrole nitrogens is 1. The molecular formula is C35H43F4N5O4. The van der Waals surface area contributed by atoms with Crippen LogP contribution in [-0.4, -0.2) is 46.4 Å². The summed E-state index contributed by atoms with van der Waals surface area (Å²) >= 11 is 0. The number of alkyl halides is 3. The number of amides is 4. The van der Waals surface area contributed by atoms with Crippen LogP contribution >= 0.6 is 0 Å². The van der Waals surface area contributed by atoms with Crippen molar-refractivity contribution in [2.75, 3.05) is 0 Å². The van der Waals surface area contributed by atoms with Gasteiger partial charge in [0.05, 0.1) is 17.5 Å². The van der Waals surface area contributed by atoms with Gasteiger partial charge in [0.15, 0.2) is 0 Å². The molecule has 1 unspecified atom stereocenters. The molecule has 0 bridgehead atoms. The second kappa shape index (κ2) is 14.8. The van der Waals surface area contributed by atoms with Crippen molar-refractivity contribution in [3.8, 4) is 0 Å². The van der Waals surface area contributed by atoms with Gasteiger partial charge in [0.25, 0.3) is 0 Å². The number of carbonyl (C=O) groups is 4. The SMILES string of the molecule is CCC(C)[C@H](NC(=O)Cc1ccccc1F)C(=O)N[C@]1(C(=O)N[C@H](NC(C)=O)[C@@H](C)CC)CCc2[nH]c3c(C(F)(F)F)cccc3c2C1. The van der Waals surface area contributed by atoms with E-state index in [0.29, 0.717) is 24.1 Å². The zero-order valence-corrected chi connectivity index (χ0v) is 27.7. The highest BCUT2D eigenvalue weighted by Gasteiger charge is 2.47. The molecule has 260 valence electrons. The molecule has 1 heterocycles. The molecule has 1 aromatic heterocycles. The van der Waals surface area contributed by atoms with Crippen molar-refractivity contribution in [2.24, 2.45) is 11.8 Å². The van der Waals surface area contributed by atoms with Crippen LogP contribution in [0.5, 0.6) is 0 Å². The number of para-hydroxylation sites is 1. The van der Waals surface area contributed by atoms with Gasteiger partial charge in [0.2, 0.25) is 23.6 Å². The average Bonchev–Trinajstić information content (AvgIpc) is 3.40. The Labute approximate surface area is 277 Å². The third-order valence-corrected chi connectivity index (χ3v) is 9.39. The normalized spacial score (nSPS) is 18.6. The van der Waals surface area contributed by atoms with Crippen molar-refractivity contribution in [3.63, 3.8) is 0 Å². The van der Waals surface area contributed by atoms with Crippen LogP contribution in [0.15, 0.2) is 42.5 Å². The van der Waals surface area contributed by atoms with Crippen LogP contribution in [-0.2, 0) is 44.6 Å². The highest BCUT2D eigenvalue weighted by atomic mass is 19.4. The first-order valence-corrected chi connectivity index (χ1v) is 16.2. The van der Waals surface area contributed by atoms with Gasteiger partial charge in [-0.3, -0.25) is 19.2 Å². The number of hydrogen-bond acceptors (Lipinski definition) is 4. The third kappa shape index (κ3) is 7.99. The number of nitrogens with one attached hydrogen (secondary N) is 5. The zero-order valence-electron chi connectivity index (χ0n) is 27.7. The predicted molar refractivity (Wildman–Crippen MR) is 173 cm³/mol. The number of aromatic nitrogens is 1. The molecule has 0 saturated heterocycles. The van der Waals surface area contributed by atoms with Crippen LogP contribution in [0, 0.1) is 17.7 Å². The van der Waals surface area contributed by atoms with Gasteiger partial charge in [0, 0.05) is 24.4 Å². The van der Waals surface area contributed by atoms with Crippen molar-refractivity contribution in [3.05, 3.63) is 70.7 Å². The molecule has 0 aliphatic heterocycles. The minimum absolute atomic E-state index is 0.0233. The van der Waals surface area contributed by atoms with E-state index in [-0.39, 0.29) is 54.0 Å². The first-order chi connectivity index (χ1) is 22.6. The van der Waals surface area contributed by atoms with E-state index < -0.39 is 58.9 Å². The van der Waals surface area contributed by atoms with Crippen molar-refractivity contribution in [1.29, 1.82) is 0 Å². The Morgan fingerprint density at radius 2 is 1.62 bits per heavy atom. The van der Waals surface area contributed by atoms with E-state index in [1.54, 1.807) is 19.1 Å². The molecule has 0 spiro atoms. The Balaban J connectivity index is 1.72. The van der Waals surface area contributed by atoms with E-state index in [9.17, 15) is 36.7 Å². The summed E-state index contributed by atoms with van der Waals surface area (Å²) in [6.07, 6.45) is -4.64.